The third-order valence-corrected chi connectivity index (χ3v) is 3.36. The Morgan fingerprint density at radius 3 is 2.89 bits per heavy atom. The molecule has 0 fully saturated rings. The van der Waals surface area contributed by atoms with Gasteiger partial charge in [0.25, 0.3) is 0 Å². The van der Waals surface area contributed by atoms with Crippen molar-refractivity contribution in [3.63, 3.8) is 0 Å². The zero-order chi connectivity index (χ0) is 13.5. The molecule has 0 aromatic heterocycles. The van der Waals surface area contributed by atoms with Crippen LogP contribution < -0.4 is 11.1 Å². The lowest BCUT2D eigenvalue weighted by molar-refractivity contribution is -0.118. The van der Waals surface area contributed by atoms with E-state index in [1.54, 1.807) is 0 Å². The number of amides is 1. The Morgan fingerprint density at radius 2 is 2.28 bits per heavy atom. The minimum atomic E-state index is -1.63. The Morgan fingerprint density at radius 1 is 1.56 bits per heavy atom. The molecule has 0 saturated heterocycles. The van der Waals surface area contributed by atoms with E-state index in [-0.39, 0.29) is 29.3 Å². The number of nitrogens with zero attached hydrogens (tertiary/aromatic N) is 1. The van der Waals surface area contributed by atoms with Gasteiger partial charge in [0.2, 0.25) is 5.91 Å². The van der Waals surface area contributed by atoms with Gasteiger partial charge in [-0.05, 0) is 18.2 Å². The molecule has 1 aromatic carbocycles. The van der Waals surface area contributed by atoms with E-state index in [1.807, 2.05) is 6.07 Å². The van der Waals surface area contributed by atoms with Gasteiger partial charge in [0.1, 0.15) is 11.6 Å². The van der Waals surface area contributed by atoms with Gasteiger partial charge in [0.05, 0.1) is 29.0 Å². The molecule has 0 heterocycles. The van der Waals surface area contributed by atoms with E-state index < -0.39 is 22.5 Å². The third-order valence-electron chi connectivity index (χ3n) is 2.06. The van der Waals surface area contributed by atoms with Crippen LogP contribution in [0.4, 0.5) is 10.1 Å². The number of hydrogen-bond donors (Lipinski definition) is 2. The summed E-state index contributed by atoms with van der Waals surface area (Å²) in [6.07, 6.45) is 0.189. The molecule has 0 radical (unpaired) electrons. The second-order valence-corrected chi connectivity index (χ2v) is 4.88. The highest BCUT2D eigenvalue weighted by atomic mass is 32.2. The zero-order valence-electron chi connectivity index (χ0n) is 9.48. The van der Waals surface area contributed by atoms with E-state index in [4.69, 9.17) is 11.0 Å². The highest BCUT2D eigenvalue weighted by Crippen LogP contribution is 2.14. The molecule has 18 heavy (non-hydrogen) atoms. The van der Waals surface area contributed by atoms with Gasteiger partial charge in [-0.1, -0.05) is 0 Å². The van der Waals surface area contributed by atoms with Crippen LogP contribution in [0.15, 0.2) is 23.1 Å². The number of nitrogen functional groups attached to an aromatic ring is 1. The fourth-order valence-corrected chi connectivity index (χ4v) is 2.12. The molecule has 7 heteroatoms. The molecule has 0 saturated carbocycles. The minimum Gasteiger partial charge on any atom is -0.396 e. The van der Waals surface area contributed by atoms with Crippen LogP contribution in [-0.2, 0) is 15.6 Å². The first-order valence-corrected chi connectivity index (χ1v) is 6.43. The van der Waals surface area contributed by atoms with Gasteiger partial charge in [-0.15, -0.1) is 0 Å². The van der Waals surface area contributed by atoms with Crippen molar-refractivity contribution in [2.45, 2.75) is 11.3 Å². The maximum Gasteiger partial charge on any atom is 0.233 e. The van der Waals surface area contributed by atoms with Gasteiger partial charge in [-0.2, -0.15) is 5.26 Å². The lowest BCUT2D eigenvalue weighted by atomic mass is 10.3. The molecule has 1 amide bonds. The van der Waals surface area contributed by atoms with E-state index in [0.717, 1.165) is 6.07 Å². The Bertz CT molecular complexity index is 514. The average molecular weight is 269 g/mol. The van der Waals surface area contributed by atoms with Crippen LogP contribution in [0, 0.1) is 17.1 Å². The molecule has 0 aliphatic rings. The molecule has 0 aliphatic carbocycles. The van der Waals surface area contributed by atoms with Crippen molar-refractivity contribution in [1.29, 1.82) is 5.26 Å². The largest absolute Gasteiger partial charge is 0.396 e. The fraction of sp³-hybridized carbons (Fsp3) is 0.273. The van der Waals surface area contributed by atoms with Crippen LogP contribution >= 0.6 is 0 Å². The lowest BCUT2D eigenvalue weighted by Gasteiger charge is -2.04. The summed E-state index contributed by atoms with van der Waals surface area (Å²) in [5.74, 6) is -1.37. The number of hydrogen-bond acceptors (Lipinski definition) is 4. The molecule has 0 bridgehead atoms. The predicted molar refractivity (Wildman–Crippen MR) is 65.3 cm³/mol. The zero-order valence-corrected chi connectivity index (χ0v) is 10.3. The number of benzene rings is 1. The van der Waals surface area contributed by atoms with Crippen molar-refractivity contribution in [2.75, 3.05) is 18.0 Å². The van der Waals surface area contributed by atoms with Gasteiger partial charge >= 0.3 is 0 Å². The second kappa shape index (κ2) is 6.71. The van der Waals surface area contributed by atoms with Gasteiger partial charge in [-0.3, -0.25) is 9.00 Å². The highest BCUT2D eigenvalue weighted by Gasteiger charge is 2.11. The Hall–Kier alpha value is -1.94. The first kappa shape index (κ1) is 14.1. The van der Waals surface area contributed by atoms with Crippen molar-refractivity contribution >= 4 is 22.4 Å². The Balaban J connectivity index is 2.57. The van der Waals surface area contributed by atoms with Crippen molar-refractivity contribution in [3.8, 4) is 6.07 Å². The number of nitrogens with two attached hydrogens (primary N) is 1. The highest BCUT2D eigenvalue weighted by molar-refractivity contribution is 7.85. The van der Waals surface area contributed by atoms with Crippen molar-refractivity contribution < 1.29 is 13.4 Å². The van der Waals surface area contributed by atoms with Crippen LogP contribution in [0.2, 0.25) is 0 Å². The SMILES string of the molecule is N#CCCNC(=O)CS(=O)c1ccc(N)c(F)c1. The summed E-state index contributed by atoms with van der Waals surface area (Å²) in [7, 11) is -1.63. The van der Waals surface area contributed by atoms with Gasteiger partial charge in [-0.25, -0.2) is 4.39 Å². The molecule has 1 atom stereocenters. The van der Waals surface area contributed by atoms with Gasteiger partial charge < -0.3 is 11.1 Å². The van der Waals surface area contributed by atoms with Gasteiger partial charge in [0.15, 0.2) is 0 Å². The maximum atomic E-state index is 13.1. The van der Waals surface area contributed by atoms with E-state index in [2.05, 4.69) is 5.32 Å². The first-order chi connectivity index (χ1) is 8.54. The van der Waals surface area contributed by atoms with Crippen LogP contribution in [0.5, 0.6) is 0 Å². The summed E-state index contributed by atoms with van der Waals surface area (Å²) < 4.78 is 24.9. The molecule has 0 aliphatic heterocycles. The molecule has 3 N–H and O–H groups in total. The topological polar surface area (TPSA) is 96.0 Å². The van der Waals surface area contributed by atoms with E-state index >= 15 is 0 Å². The normalized spacial score (nSPS) is 11.6. The fourth-order valence-electron chi connectivity index (χ4n) is 1.16. The van der Waals surface area contributed by atoms with E-state index in [0.29, 0.717) is 0 Å². The predicted octanol–water partition coefficient (Wildman–Crippen LogP) is 0.545. The molecular formula is C11H12FN3O2S. The standard InChI is InChI=1S/C11H12FN3O2S/c12-9-6-8(2-3-10(9)14)18(17)7-11(16)15-5-1-4-13/h2-3,6H,1,5,7,14H2,(H,15,16). The minimum absolute atomic E-state index is 0.0331. The molecule has 1 unspecified atom stereocenters. The number of carbonyl (C=O) groups is 1. The smallest absolute Gasteiger partial charge is 0.233 e. The summed E-state index contributed by atoms with van der Waals surface area (Å²) in [5.41, 5.74) is 5.25. The number of halogens is 1. The Kier molecular flexibility index (Phi) is 5.27. The number of nitrogens with one attached hydrogen (secondary N) is 1. The number of carbonyl (C=O) groups excluding carboxylic acids is 1. The van der Waals surface area contributed by atoms with Crippen LogP contribution in [0.1, 0.15) is 6.42 Å². The van der Waals surface area contributed by atoms with Crippen LogP contribution in [0.3, 0.4) is 0 Å². The quantitative estimate of drug-likeness (QED) is 0.602. The molecule has 96 valence electrons. The van der Waals surface area contributed by atoms with Crippen LogP contribution in [-0.4, -0.2) is 22.4 Å². The number of anilines is 1. The van der Waals surface area contributed by atoms with E-state index in [1.165, 1.54) is 12.1 Å². The molecule has 0 spiro atoms. The summed E-state index contributed by atoms with van der Waals surface area (Å²) in [6.45, 7) is 0.211. The molecule has 1 rings (SSSR count). The monoisotopic (exact) mass is 269 g/mol. The maximum absolute atomic E-state index is 13.1. The molecule has 1 aromatic rings. The van der Waals surface area contributed by atoms with Gasteiger partial charge in [0, 0.05) is 11.4 Å². The van der Waals surface area contributed by atoms with Crippen molar-refractivity contribution in [2.24, 2.45) is 0 Å². The number of nitriles is 1. The summed E-state index contributed by atoms with van der Waals surface area (Å²) in [6, 6.07) is 5.63. The Labute approximate surface area is 106 Å². The third kappa shape index (κ3) is 4.14. The molecular weight excluding hydrogens is 257 g/mol. The summed E-state index contributed by atoms with van der Waals surface area (Å²) in [5, 5.41) is 10.7. The van der Waals surface area contributed by atoms with Crippen molar-refractivity contribution in [1.82, 2.24) is 5.32 Å². The number of rotatable bonds is 5. The van der Waals surface area contributed by atoms with Crippen LogP contribution in [0.25, 0.3) is 0 Å². The molecule has 5 nitrogen and oxygen atoms in total. The summed E-state index contributed by atoms with van der Waals surface area (Å²) in [4.78, 5) is 11.5. The average Bonchev–Trinajstić information content (AvgIpc) is 2.33. The summed E-state index contributed by atoms with van der Waals surface area (Å²) >= 11 is 0. The van der Waals surface area contributed by atoms with Crippen molar-refractivity contribution in [3.05, 3.63) is 24.0 Å². The van der Waals surface area contributed by atoms with E-state index in [9.17, 15) is 13.4 Å². The second-order valence-electron chi connectivity index (χ2n) is 3.43. The first-order valence-electron chi connectivity index (χ1n) is 5.11. The lowest BCUT2D eigenvalue weighted by Crippen LogP contribution is -2.29.